The summed E-state index contributed by atoms with van der Waals surface area (Å²) < 4.78 is 6.19. The summed E-state index contributed by atoms with van der Waals surface area (Å²) in [6.45, 7) is 0. The Kier molecular flexibility index (Phi) is 8.98. The molecule has 0 bridgehead atoms. The Bertz CT molecular complexity index is 3240. The molecule has 0 aliphatic rings. The van der Waals surface area contributed by atoms with Gasteiger partial charge in [-0.1, -0.05) is 218 Å². The SMILES string of the molecule is c1ccc(-c2ccc(-c3ccc(C(c4ccc(-c5ccc(-c6ccc7c(c6)oc6ccccc67)cc5)cc4)c4ccc(-c5cccc6ccccc56)cc4)cc3)cc2)cc1. The fraction of sp³-hybridized carbons (Fsp3) is 0.0169. The molecular weight excluding hydrogens is 725 g/mol. The molecule has 0 aliphatic carbocycles. The molecule has 1 atom stereocenters. The molecule has 0 N–H and O–H groups in total. The van der Waals surface area contributed by atoms with Crippen molar-refractivity contribution in [1.82, 2.24) is 0 Å². The molecule has 0 aliphatic heterocycles. The van der Waals surface area contributed by atoms with Crippen molar-refractivity contribution in [2.24, 2.45) is 0 Å². The minimum atomic E-state index is 0.0608. The molecule has 1 unspecified atom stereocenters. The molecule has 0 fully saturated rings. The van der Waals surface area contributed by atoms with Gasteiger partial charge in [-0.05, 0) is 101 Å². The number of para-hydroxylation sites is 1. The fourth-order valence-electron chi connectivity index (χ4n) is 8.89. The maximum absolute atomic E-state index is 6.19. The van der Waals surface area contributed by atoms with Crippen LogP contribution in [0, 0.1) is 0 Å². The van der Waals surface area contributed by atoms with Gasteiger partial charge >= 0.3 is 0 Å². The third kappa shape index (κ3) is 6.67. The van der Waals surface area contributed by atoms with Crippen LogP contribution < -0.4 is 0 Å². The standard InChI is InChI=1S/C59H40O/c1-2-9-40(10-3-1)41-17-19-42(20-18-41)44-25-31-49(32-26-44)59(51-35-29-48(30-36-51)54-15-8-12-47-11-4-5-13-53(47)54)50-33-27-45(28-34-50)43-21-23-46(24-22-43)52-37-38-56-55-14-6-7-16-57(55)60-58(56)39-52/h1-39,59H. The number of fused-ring (bicyclic) bond motifs is 4. The van der Waals surface area contributed by atoms with Gasteiger partial charge in [0.2, 0.25) is 0 Å². The normalized spacial score (nSPS) is 11.9. The van der Waals surface area contributed by atoms with E-state index in [4.69, 9.17) is 4.42 Å². The van der Waals surface area contributed by atoms with Crippen molar-refractivity contribution in [2.45, 2.75) is 5.92 Å². The van der Waals surface area contributed by atoms with E-state index in [0.29, 0.717) is 0 Å². The Labute approximate surface area is 350 Å². The van der Waals surface area contributed by atoms with Gasteiger partial charge in [0, 0.05) is 16.7 Å². The molecule has 0 amide bonds. The molecule has 1 heteroatoms. The maximum Gasteiger partial charge on any atom is 0.136 e. The second-order valence-corrected chi connectivity index (χ2v) is 15.7. The summed E-state index contributed by atoms with van der Waals surface area (Å²) in [4.78, 5) is 0. The van der Waals surface area contributed by atoms with Crippen molar-refractivity contribution in [3.63, 3.8) is 0 Å². The highest BCUT2D eigenvalue weighted by atomic mass is 16.3. The molecule has 10 aromatic carbocycles. The van der Waals surface area contributed by atoms with Crippen LogP contribution in [0.3, 0.4) is 0 Å². The average molecular weight is 765 g/mol. The number of furan rings is 1. The Morgan fingerprint density at radius 3 is 1.23 bits per heavy atom. The summed E-state index contributed by atoms with van der Waals surface area (Å²) in [5.41, 5.74) is 17.7. The highest BCUT2D eigenvalue weighted by molar-refractivity contribution is 6.06. The predicted octanol–water partition coefficient (Wildman–Crippen LogP) is 16.3. The Hall–Kier alpha value is -7.74. The molecule has 1 aromatic heterocycles. The zero-order valence-corrected chi connectivity index (χ0v) is 33.0. The number of hydrogen-bond donors (Lipinski definition) is 0. The van der Waals surface area contributed by atoms with Crippen LogP contribution in [0.4, 0.5) is 0 Å². The number of hydrogen-bond acceptors (Lipinski definition) is 1. The molecule has 1 heterocycles. The smallest absolute Gasteiger partial charge is 0.136 e. The van der Waals surface area contributed by atoms with Crippen LogP contribution in [0.2, 0.25) is 0 Å². The molecule has 1 nitrogen and oxygen atoms in total. The van der Waals surface area contributed by atoms with E-state index in [9.17, 15) is 0 Å². The zero-order valence-electron chi connectivity index (χ0n) is 33.0. The molecule has 0 saturated carbocycles. The van der Waals surface area contributed by atoms with Crippen molar-refractivity contribution in [3.8, 4) is 55.6 Å². The van der Waals surface area contributed by atoms with Crippen molar-refractivity contribution in [2.75, 3.05) is 0 Å². The van der Waals surface area contributed by atoms with Gasteiger partial charge in [0.05, 0.1) is 0 Å². The summed E-state index contributed by atoms with van der Waals surface area (Å²) in [6, 6.07) is 85.8. The van der Waals surface area contributed by atoms with Crippen LogP contribution in [-0.2, 0) is 0 Å². The topological polar surface area (TPSA) is 13.1 Å². The van der Waals surface area contributed by atoms with Crippen LogP contribution in [0.1, 0.15) is 22.6 Å². The van der Waals surface area contributed by atoms with Crippen LogP contribution in [0.5, 0.6) is 0 Å². The fourth-order valence-corrected chi connectivity index (χ4v) is 8.89. The van der Waals surface area contributed by atoms with Gasteiger partial charge < -0.3 is 4.42 Å². The Morgan fingerprint density at radius 2 is 0.650 bits per heavy atom. The average Bonchev–Trinajstić information content (AvgIpc) is 3.71. The third-order valence-corrected chi connectivity index (χ3v) is 12.1. The van der Waals surface area contributed by atoms with Gasteiger partial charge in [-0.2, -0.15) is 0 Å². The molecule has 11 aromatic rings. The minimum absolute atomic E-state index is 0.0608. The van der Waals surface area contributed by atoms with E-state index in [0.717, 1.165) is 27.5 Å². The Balaban J connectivity index is 0.905. The van der Waals surface area contributed by atoms with Gasteiger partial charge in [-0.25, -0.2) is 0 Å². The van der Waals surface area contributed by atoms with Crippen LogP contribution >= 0.6 is 0 Å². The van der Waals surface area contributed by atoms with E-state index in [-0.39, 0.29) is 5.92 Å². The van der Waals surface area contributed by atoms with E-state index >= 15 is 0 Å². The second-order valence-electron chi connectivity index (χ2n) is 15.7. The van der Waals surface area contributed by atoms with E-state index < -0.39 is 0 Å². The van der Waals surface area contributed by atoms with Crippen LogP contribution in [0.25, 0.3) is 88.3 Å². The number of benzene rings is 10. The molecule has 60 heavy (non-hydrogen) atoms. The first-order valence-corrected chi connectivity index (χ1v) is 20.7. The predicted molar refractivity (Wildman–Crippen MR) is 252 cm³/mol. The molecule has 0 radical (unpaired) electrons. The highest BCUT2D eigenvalue weighted by Gasteiger charge is 2.18. The largest absolute Gasteiger partial charge is 0.456 e. The highest BCUT2D eigenvalue weighted by Crippen LogP contribution is 2.38. The zero-order chi connectivity index (χ0) is 39.8. The minimum Gasteiger partial charge on any atom is -0.456 e. The van der Waals surface area contributed by atoms with Gasteiger partial charge in [0.25, 0.3) is 0 Å². The van der Waals surface area contributed by atoms with E-state index in [1.165, 1.54) is 77.5 Å². The van der Waals surface area contributed by atoms with E-state index in [1.807, 2.05) is 12.1 Å². The lowest BCUT2D eigenvalue weighted by atomic mass is 9.83. The van der Waals surface area contributed by atoms with Crippen molar-refractivity contribution in [1.29, 1.82) is 0 Å². The second kappa shape index (κ2) is 15.2. The molecule has 0 spiro atoms. The molecular formula is C59H40O. The monoisotopic (exact) mass is 764 g/mol. The molecule has 282 valence electrons. The molecule has 0 saturated heterocycles. The summed E-state index contributed by atoms with van der Waals surface area (Å²) in [5, 5.41) is 4.83. The van der Waals surface area contributed by atoms with Crippen LogP contribution in [0.15, 0.2) is 241 Å². The first-order chi connectivity index (χ1) is 29.7. The van der Waals surface area contributed by atoms with Crippen molar-refractivity contribution >= 4 is 32.7 Å². The summed E-state index contributed by atoms with van der Waals surface area (Å²) in [5.74, 6) is 0.0608. The van der Waals surface area contributed by atoms with E-state index in [2.05, 4.69) is 224 Å². The van der Waals surface area contributed by atoms with Gasteiger partial charge in [0.1, 0.15) is 11.2 Å². The summed E-state index contributed by atoms with van der Waals surface area (Å²) >= 11 is 0. The van der Waals surface area contributed by atoms with Gasteiger partial charge in [0.15, 0.2) is 0 Å². The lowest BCUT2D eigenvalue weighted by molar-refractivity contribution is 0.669. The van der Waals surface area contributed by atoms with Crippen molar-refractivity contribution in [3.05, 3.63) is 253 Å². The maximum atomic E-state index is 6.19. The Morgan fingerprint density at radius 1 is 0.250 bits per heavy atom. The number of rotatable bonds is 8. The third-order valence-electron chi connectivity index (χ3n) is 12.1. The van der Waals surface area contributed by atoms with Crippen molar-refractivity contribution < 1.29 is 4.42 Å². The lowest BCUT2D eigenvalue weighted by Gasteiger charge is -2.20. The van der Waals surface area contributed by atoms with Gasteiger partial charge in [-0.15, -0.1) is 0 Å². The first kappa shape index (κ1) is 35.4. The lowest BCUT2D eigenvalue weighted by Crippen LogP contribution is -2.03. The molecule has 11 rings (SSSR count). The summed E-state index contributed by atoms with van der Waals surface area (Å²) in [6.07, 6.45) is 0. The van der Waals surface area contributed by atoms with Crippen LogP contribution in [-0.4, -0.2) is 0 Å². The quantitative estimate of drug-likeness (QED) is 0.140. The van der Waals surface area contributed by atoms with E-state index in [1.54, 1.807) is 0 Å². The first-order valence-electron chi connectivity index (χ1n) is 20.7. The summed E-state index contributed by atoms with van der Waals surface area (Å²) in [7, 11) is 0. The van der Waals surface area contributed by atoms with Gasteiger partial charge in [-0.3, -0.25) is 0 Å².